The summed E-state index contributed by atoms with van der Waals surface area (Å²) in [4.78, 5) is 50.1. The highest BCUT2D eigenvalue weighted by Crippen LogP contribution is 2.27. The number of rotatable bonds is 46. The summed E-state index contributed by atoms with van der Waals surface area (Å²) in [6.07, 6.45) is 38.5. The Morgan fingerprint density at radius 1 is 0.375 bits per heavy atom. The molecule has 72 heavy (non-hydrogen) atoms. The largest absolute Gasteiger partial charge is 0.323 e. The summed E-state index contributed by atoms with van der Waals surface area (Å²) in [6, 6.07) is 15.3. The first-order valence-corrected chi connectivity index (χ1v) is 30.5. The van der Waals surface area contributed by atoms with Crippen LogP contribution in [0.4, 0.5) is 27.5 Å². The van der Waals surface area contributed by atoms with Crippen molar-refractivity contribution in [1.29, 1.82) is 0 Å². The lowest BCUT2D eigenvalue weighted by Gasteiger charge is -2.31. The number of benzene rings is 2. The predicted molar refractivity (Wildman–Crippen MR) is 314 cm³/mol. The average Bonchev–Trinajstić information content (AvgIpc) is 3.38. The molecule has 0 saturated heterocycles. The molecule has 0 spiro atoms. The number of nitrogens with zero attached hydrogens (tertiary/aromatic N) is 4. The van der Waals surface area contributed by atoms with Gasteiger partial charge >= 0.3 is 6.03 Å². The minimum atomic E-state index is -0.337. The molecule has 0 aliphatic heterocycles. The molecule has 0 radical (unpaired) electrons. The fraction of sp³-hybridized carbons (Fsp3) is 0.762. The van der Waals surface area contributed by atoms with Gasteiger partial charge in [-0.05, 0) is 140 Å². The second-order valence-corrected chi connectivity index (χ2v) is 21.2. The predicted octanol–water partition coefficient (Wildman–Crippen LogP) is 18.0. The molecule has 4 amide bonds. The van der Waals surface area contributed by atoms with Crippen LogP contribution < -0.4 is 20.4 Å². The molecule has 2 atom stereocenters. The summed E-state index contributed by atoms with van der Waals surface area (Å²) in [7, 11) is 0. The molecule has 2 aromatic rings. The van der Waals surface area contributed by atoms with Gasteiger partial charge in [-0.2, -0.15) is 0 Å². The highest BCUT2D eigenvalue weighted by molar-refractivity contribution is 6.01. The van der Waals surface area contributed by atoms with E-state index in [-0.39, 0.29) is 29.9 Å². The average molecular weight is 1000 g/mol. The maximum atomic E-state index is 13.9. The number of carbonyl (C=O) groups is 3. The summed E-state index contributed by atoms with van der Waals surface area (Å²) < 4.78 is 0. The third-order valence-corrected chi connectivity index (χ3v) is 15.2. The highest BCUT2D eigenvalue weighted by Gasteiger charge is 2.24. The fourth-order valence-electron chi connectivity index (χ4n) is 10.4. The van der Waals surface area contributed by atoms with E-state index in [1.807, 2.05) is 58.3 Å². The zero-order chi connectivity index (χ0) is 52.4. The van der Waals surface area contributed by atoms with Crippen molar-refractivity contribution < 1.29 is 14.4 Å². The van der Waals surface area contributed by atoms with Gasteiger partial charge < -0.3 is 30.2 Å². The number of amides is 4. The first kappa shape index (κ1) is 64.7. The molecule has 2 N–H and O–H groups in total. The van der Waals surface area contributed by atoms with Gasteiger partial charge in [0.1, 0.15) is 0 Å². The van der Waals surface area contributed by atoms with Crippen LogP contribution in [0.5, 0.6) is 0 Å². The standard InChI is InChI=1S/C63H112N6O3/c1-9-15-17-19-21-23-25-27-29-31-33-35-37-43-61(70)68(55(7)41-39-53-66(11-3)12-4)59-49-45-57(46-50-59)64-63(72)65-58-47-51-60(52-48-58)69(56(8)42-40-54-67(13-5)14-6)62(71)44-38-36-34-32-30-28-26-24-22-20-18-16-10-2/h45-52,55-56H,9-44,53-54H2,1-8H3,(H2,64,65,72). The third-order valence-electron chi connectivity index (χ3n) is 15.2. The first-order chi connectivity index (χ1) is 35.1. The van der Waals surface area contributed by atoms with Crippen molar-refractivity contribution in [2.45, 2.75) is 273 Å². The van der Waals surface area contributed by atoms with E-state index in [2.05, 4.69) is 75.8 Å². The first-order valence-electron chi connectivity index (χ1n) is 30.5. The molecule has 9 heteroatoms. The summed E-state index contributed by atoms with van der Waals surface area (Å²) in [6.45, 7) is 24.0. The normalized spacial score (nSPS) is 12.4. The van der Waals surface area contributed by atoms with E-state index in [0.717, 1.165) is 102 Å². The second kappa shape index (κ2) is 42.9. The molecule has 0 aliphatic carbocycles. The minimum Gasteiger partial charge on any atom is -0.310 e. The Bertz CT molecular complexity index is 1490. The third kappa shape index (κ3) is 29.5. The van der Waals surface area contributed by atoms with Gasteiger partial charge in [0, 0.05) is 47.7 Å². The maximum absolute atomic E-state index is 13.9. The van der Waals surface area contributed by atoms with E-state index in [1.54, 1.807) is 0 Å². The van der Waals surface area contributed by atoms with Gasteiger partial charge in [0.25, 0.3) is 0 Å². The molecule has 0 bridgehead atoms. The smallest absolute Gasteiger partial charge is 0.310 e. The Hall–Kier alpha value is -3.43. The van der Waals surface area contributed by atoms with Gasteiger partial charge in [0.15, 0.2) is 0 Å². The molecule has 2 aromatic carbocycles. The Balaban J connectivity index is 1.99. The molecular weight excluding hydrogens is 889 g/mol. The van der Waals surface area contributed by atoms with Crippen molar-refractivity contribution in [3.63, 3.8) is 0 Å². The van der Waals surface area contributed by atoms with Crippen LogP contribution in [0.2, 0.25) is 0 Å². The molecule has 0 aliphatic rings. The highest BCUT2D eigenvalue weighted by atomic mass is 16.2. The van der Waals surface area contributed by atoms with Crippen molar-refractivity contribution in [2.75, 3.05) is 59.7 Å². The van der Waals surface area contributed by atoms with Gasteiger partial charge in [-0.25, -0.2) is 4.79 Å². The van der Waals surface area contributed by atoms with E-state index in [0.29, 0.717) is 24.2 Å². The lowest BCUT2D eigenvalue weighted by atomic mass is 10.0. The van der Waals surface area contributed by atoms with Gasteiger partial charge in [-0.3, -0.25) is 9.59 Å². The van der Waals surface area contributed by atoms with Crippen LogP contribution in [0.15, 0.2) is 48.5 Å². The zero-order valence-electron chi connectivity index (χ0n) is 48.2. The van der Waals surface area contributed by atoms with Crippen LogP contribution in [0.25, 0.3) is 0 Å². The Kier molecular flexibility index (Phi) is 38.5. The quantitative estimate of drug-likeness (QED) is 0.0645. The Morgan fingerprint density at radius 2 is 0.639 bits per heavy atom. The molecule has 9 nitrogen and oxygen atoms in total. The number of anilines is 4. The Morgan fingerprint density at radius 3 is 0.903 bits per heavy atom. The zero-order valence-corrected chi connectivity index (χ0v) is 48.2. The van der Waals surface area contributed by atoms with E-state index >= 15 is 0 Å². The molecular formula is C63H112N6O3. The second-order valence-electron chi connectivity index (χ2n) is 21.2. The molecule has 0 heterocycles. The van der Waals surface area contributed by atoms with E-state index in [9.17, 15) is 14.4 Å². The van der Waals surface area contributed by atoms with Crippen molar-refractivity contribution in [2.24, 2.45) is 0 Å². The monoisotopic (exact) mass is 1000 g/mol. The number of carbonyl (C=O) groups excluding carboxylic acids is 3. The lowest BCUT2D eigenvalue weighted by Crippen LogP contribution is -2.39. The summed E-state index contributed by atoms with van der Waals surface area (Å²) in [5, 5.41) is 6.00. The molecule has 0 fully saturated rings. The molecule has 412 valence electrons. The van der Waals surface area contributed by atoms with E-state index < -0.39 is 0 Å². The van der Waals surface area contributed by atoms with Crippen molar-refractivity contribution in [1.82, 2.24) is 9.80 Å². The fourth-order valence-corrected chi connectivity index (χ4v) is 10.4. The van der Waals surface area contributed by atoms with Crippen molar-refractivity contribution >= 4 is 40.6 Å². The van der Waals surface area contributed by atoms with Crippen LogP contribution >= 0.6 is 0 Å². The number of nitrogens with one attached hydrogen (secondary N) is 2. The molecule has 2 unspecified atom stereocenters. The molecule has 0 saturated carbocycles. The van der Waals surface area contributed by atoms with Gasteiger partial charge in [-0.1, -0.05) is 196 Å². The molecule has 2 rings (SSSR count). The van der Waals surface area contributed by atoms with Gasteiger partial charge in [0.05, 0.1) is 0 Å². The van der Waals surface area contributed by atoms with Crippen molar-refractivity contribution in [3.8, 4) is 0 Å². The Labute approximate surface area is 444 Å². The van der Waals surface area contributed by atoms with E-state index in [1.165, 1.54) is 141 Å². The van der Waals surface area contributed by atoms with Gasteiger partial charge in [0.2, 0.25) is 11.8 Å². The molecule has 0 aromatic heterocycles. The van der Waals surface area contributed by atoms with Crippen LogP contribution in [0, 0.1) is 0 Å². The van der Waals surface area contributed by atoms with Crippen LogP contribution in [0.1, 0.15) is 261 Å². The number of urea groups is 1. The number of hydrogen-bond acceptors (Lipinski definition) is 5. The topological polar surface area (TPSA) is 88.2 Å². The van der Waals surface area contributed by atoms with Crippen LogP contribution in [-0.2, 0) is 9.59 Å². The maximum Gasteiger partial charge on any atom is 0.323 e. The van der Waals surface area contributed by atoms with Crippen molar-refractivity contribution in [3.05, 3.63) is 48.5 Å². The number of unbranched alkanes of at least 4 members (excludes halogenated alkanes) is 24. The van der Waals surface area contributed by atoms with Gasteiger partial charge in [-0.15, -0.1) is 0 Å². The van der Waals surface area contributed by atoms with Crippen LogP contribution in [-0.4, -0.2) is 79.0 Å². The SMILES string of the molecule is CCCCCCCCCCCCCCCC(=O)N(c1ccc(NC(=O)Nc2ccc(N(C(=O)CCCCCCCCCCCCCCC)C(C)CCCN(CC)CC)cc2)cc1)C(C)CCCN(CC)CC. The lowest BCUT2D eigenvalue weighted by molar-refractivity contribution is -0.120. The van der Waals surface area contributed by atoms with E-state index in [4.69, 9.17) is 0 Å². The number of hydrogen-bond donors (Lipinski definition) is 2. The summed E-state index contributed by atoms with van der Waals surface area (Å²) >= 11 is 0. The summed E-state index contributed by atoms with van der Waals surface area (Å²) in [5.74, 6) is 0.369. The van der Waals surface area contributed by atoms with Crippen LogP contribution in [0.3, 0.4) is 0 Å². The minimum absolute atomic E-state index is 0.0704. The summed E-state index contributed by atoms with van der Waals surface area (Å²) in [5.41, 5.74) is 3.08.